The molecule has 0 bridgehead atoms. The number of benzene rings is 1. The molecular formula is C20H19Cl2F2N5O. The zero-order chi connectivity index (χ0) is 21.4. The molecule has 0 aliphatic heterocycles. The van der Waals surface area contributed by atoms with Crippen molar-refractivity contribution < 1.29 is 13.6 Å². The lowest BCUT2D eigenvalue weighted by Crippen LogP contribution is -2.21. The fourth-order valence-electron chi connectivity index (χ4n) is 3.25. The first-order chi connectivity index (χ1) is 14.3. The first-order valence-electron chi connectivity index (χ1n) is 9.44. The van der Waals surface area contributed by atoms with Crippen LogP contribution in [0.4, 0.5) is 14.6 Å². The Morgan fingerprint density at radius 1 is 1.17 bits per heavy atom. The maximum Gasteiger partial charge on any atom is 0.282 e. The van der Waals surface area contributed by atoms with Crippen molar-refractivity contribution in [2.75, 3.05) is 5.32 Å². The third-order valence-corrected chi connectivity index (χ3v) is 5.65. The summed E-state index contributed by atoms with van der Waals surface area (Å²) in [5, 5.41) is 12.0. The number of nitrogens with one attached hydrogen (secondary N) is 1. The van der Waals surface area contributed by atoms with Crippen molar-refractivity contribution in [3.63, 3.8) is 0 Å². The Morgan fingerprint density at radius 2 is 1.93 bits per heavy atom. The summed E-state index contributed by atoms with van der Waals surface area (Å²) in [5.74, 6) is 0.206. The van der Waals surface area contributed by atoms with Crippen LogP contribution in [-0.4, -0.2) is 25.5 Å². The minimum absolute atomic E-state index is 0.142. The highest BCUT2D eigenvalue weighted by atomic mass is 35.5. The lowest BCUT2D eigenvalue weighted by atomic mass is 10.2. The minimum atomic E-state index is -2.66. The maximum atomic E-state index is 13.0. The van der Waals surface area contributed by atoms with Crippen LogP contribution in [0.2, 0.25) is 10.0 Å². The Balaban J connectivity index is 1.44. The average Bonchev–Trinajstić information content (AvgIpc) is 3.35. The summed E-state index contributed by atoms with van der Waals surface area (Å²) in [5.41, 5.74) is 2.14. The van der Waals surface area contributed by atoms with Gasteiger partial charge in [0.15, 0.2) is 5.82 Å². The molecule has 2 heterocycles. The van der Waals surface area contributed by atoms with Crippen LogP contribution in [0.3, 0.4) is 0 Å². The Bertz CT molecular complexity index is 1090. The van der Waals surface area contributed by atoms with E-state index in [4.69, 9.17) is 23.2 Å². The topological polar surface area (TPSA) is 64.7 Å². The van der Waals surface area contributed by atoms with Crippen LogP contribution in [0.15, 0.2) is 30.3 Å². The van der Waals surface area contributed by atoms with Crippen LogP contribution in [0.25, 0.3) is 0 Å². The number of nitrogens with zero attached hydrogens (tertiary/aromatic N) is 4. The predicted octanol–water partition coefficient (Wildman–Crippen LogP) is 5.20. The van der Waals surface area contributed by atoms with Gasteiger partial charge in [0, 0.05) is 23.4 Å². The summed E-state index contributed by atoms with van der Waals surface area (Å²) in [7, 11) is 0. The molecular weight excluding hydrogens is 435 g/mol. The first kappa shape index (κ1) is 20.8. The van der Waals surface area contributed by atoms with Crippen molar-refractivity contribution in [3.8, 4) is 0 Å². The van der Waals surface area contributed by atoms with E-state index in [1.54, 1.807) is 22.9 Å². The number of rotatable bonds is 7. The third-order valence-electron chi connectivity index (χ3n) is 4.91. The Kier molecular flexibility index (Phi) is 5.79. The molecule has 0 atom stereocenters. The molecule has 6 nitrogen and oxygen atoms in total. The van der Waals surface area contributed by atoms with Gasteiger partial charge in [0.05, 0.1) is 16.6 Å². The van der Waals surface area contributed by atoms with E-state index in [0.29, 0.717) is 28.1 Å². The van der Waals surface area contributed by atoms with E-state index in [-0.39, 0.29) is 24.1 Å². The number of carbonyl (C=O) groups excluding carboxylic acids is 1. The van der Waals surface area contributed by atoms with E-state index in [1.807, 2.05) is 13.0 Å². The number of aryl methyl sites for hydroxylation is 1. The molecule has 1 fully saturated rings. The van der Waals surface area contributed by atoms with Crippen LogP contribution in [0.1, 0.15) is 47.8 Å². The number of amides is 1. The normalized spacial score (nSPS) is 13.8. The number of halogens is 4. The van der Waals surface area contributed by atoms with Crippen LogP contribution in [0.5, 0.6) is 0 Å². The number of aromatic nitrogens is 4. The van der Waals surface area contributed by atoms with Gasteiger partial charge in [-0.3, -0.25) is 14.2 Å². The molecule has 1 aromatic carbocycles. The van der Waals surface area contributed by atoms with Gasteiger partial charge >= 0.3 is 0 Å². The zero-order valence-electron chi connectivity index (χ0n) is 16.1. The number of hydrogen-bond acceptors (Lipinski definition) is 3. The van der Waals surface area contributed by atoms with E-state index in [9.17, 15) is 13.6 Å². The van der Waals surface area contributed by atoms with E-state index in [2.05, 4.69) is 15.5 Å². The van der Waals surface area contributed by atoms with E-state index in [0.717, 1.165) is 24.1 Å². The molecule has 0 spiro atoms. The van der Waals surface area contributed by atoms with Crippen molar-refractivity contribution >= 4 is 34.9 Å². The summed E-state index contributed by atoms with van der Waals surface area (Å²) in [6.07, 6.45) is -0.811. The Morgan fingerprint density at radius 3 is 2.60 bits per heavy atom. The lowest BCUT2D eigenvalue weighted by Gasteiger charge is -2.07. The summed E-state index contributed by atoms with van der Waals surface area (Å²) in [6, 6.07) is 8.47. The monoisotopic (exact) mass is 453 g/mol. The Hall–Kier alpha value is -2.45. The molecule has 0 radical (unpaired) electrons. The van der Waals surface area contributed by atoms with E-state index >= 15 is 0 Å². The van der Waals surface area contributed by atoms with Gasteiger partial charge in [-0.1, -0.05) is 29.3 Å². The predicted molar refractivity (Wildman–Crippen MR) is 110 cm³/mol. The molecule has 1 amide bonds. The van der Waals surface area contributed by atoms with Gasteiger partial charge in [-0.05, 0) is 43.5 Å². The largest absolute Gasteiger partial charge is 0.308 e. The molecule has 1 N–H and O–H groups in total. The van der Waals surface area contributed by atoms with Crippen LogP contribution in [0, 0.1) is 6.92 Å². The van der Waals surface area contributed by atoms with Crippen LogP contribution in [-0.2, 0) is 17.9 Å². The lowest BCUT2D eigenvalue weighted by molar-refractivity contribution is -0.117. The average molecular weight is 454 g/mol. The number of anilines is 1. The fraction of sp³-hybridized carbons (Fsp3) is 0.350. The van der Waals surface area contributed by atoms with Gasteiger partial charge in [0.1, 0.15) is 12.2 Å². The van der Waals surface area contributed by atoms with E-state index in [1.165, 1.54) is 10.7 Å². The highest BCUT2D eigenvalue weighted by Gasteiger charge is 2.30. The number of alkyl halides is 2. The van der Waals surface area contributed by atoms with Gasteiger partial charge < -0.3 is 5.32 Å². The van der Waals surface area contributed by atoms with Crippen molar-refractivity contribution in [2.24, 2.45) is 0 Å². The van der Waals surface area contributed by atoms with E-state index < -0.39 is 6.43 Å². The van der Waals surface area contributed by atoms with Crippen LogP contribution >= 0.6 is 23.2 Å². The molecule has 1 aliphatic rings. The van der Waals surface area contributed by atoms with Crippen LogP contribution < -0.4 is 5.32 Å². The molecule has 0 saturated heterocycles. The zero-order valence-corrected chi connectivity index (χ0v) is 17.6. The molecule has 1 aliphatic carbocycles. The SMILES string of the molecule is Cc1cc(NC(=O)Cn2nc(C(F)F)cc2C2CC2)nn1Cc1ccc(Cl)c(Cl)c1. The van der Waals surface area contributed by atoms with Gasteiger partial charge in [0.25, 0.3) is 6.43 Å². The highest BCUT2D eigenvalue weighted by Crippen LogP contribution is 2.41. The number of hydrogen-bond donors (Lipinski definition) is 1. The molecule has 2 aromatic heterocycles. The third kappa shape index (κ3) is 4.65. The molecule has 1 saturated carbocycles. The first-order valence-corrected chi connectivity index (χ1v) is 10.2. The smallest absolute Gasteiger partial charge is 0.282 e. The summed E-state index contributed by atoms with van der Waals surface area (Å²) in [4.78, 5) is 12.5. The molecule has 30 heavy (non-hydrogen) atoms. The summed E-state index contributed by atoms with van der Waals surface area (Å²) >= 11 is 12.0. The maximum absolute atomic E-state index is 13.0. The summed E-state index contributed by atoms with van der Waals surface area (Å²) in [6.45, 7) is 2.19. The van der Waals surface area contributed by atoms with Gasteiger partial charge in [-0.25, -0.2) is 8.78 Å². The minimum Gasteiger partial charge on any atom is -0.308 e. The molecule has 3 aromatic rings. The van der Waals surface area contributed by atoms with Crippen molar-refractivity contribution in [3.05, 3.63) is 63.0 Å². The quantitative estimate of drug-likeness (QED) is 0.534. The van der Waals surface area contributed by atoms with Gasteiger partial charge in [-0.2, -0.15) is 10.2 Å². The second-order valence-electron chi connectivity index (χ2n) is 7.35. The molecule has 4 rings (SSSR count). The van der Waals surface area contributed by atoms with Gasteiger partial charge in [-0.15, -0.1) is 0 Å². The van der Waals surface area contributed by atoms with Crippen molar-refractivity contribution in [1.82, 2.24) is 19.6 Å². The van der Waals surface area contributed by atoms with Gasteiger partial charge in [0.2, 0.25) is 5.91 Å². The number of carbonyl (C=O) groups is 1. The second-order valence-corrected chi connectivity index (χ2v) is 8.17. The Labute approximate surface area is 181 Å². The van der Waals surface area contributed by atoms with Crippen molar-refractivity contribution in [2.45, 2.75) is 45.2 Å². The molecule has 10 heteroatoms. The summed E-state index contributed by atoms with van der Waals surface area (Å²) < 4.78 is 29.1. The van der Waals surface area contributed by atoms with Crippen molar-refractivity contribution in [1.29, 1.82) is 0 Å². The molecule has 158 valence electrons. The fourth-order valence-corrected chi connectivity index (χ4v) is 3.57. The molecule has 0 unspecified atom stereocenters. The highest BCUT2D eigenvalue weighted by molar-refractivity contribution is 6.42. The second kappa shape index (κ2) is 8.35. The standard InChI is InChI=1S/C20H19Cl2F2N5O/c1-11-6-18(27-28(11)9-12-2-5-14(21)15(22)7-12)25-19(30)10-29-17(13-3-4-13)8-16(26-29)20(23)24/h2,5-8,13,20H,3-4,9-10H2,1H3,(H,25,27,30).